The van der Waals surface area contributed by atoms with Crippen LogP contribution in [0.4, 0.5) is 13.2 Å². The summed E-state index contributed by atoms with van der Waals surface area (Å²) in [7, 11) is 0. The van der Waals surface area contributed by atoms with Crippen LogP contribution >= 0.6 is 27.7 Å². The molecule has 1 unspecified atom stereocenters. The Morgan fingerprint density at radius 1 is 1.39 bits per heavy atom. The monoisotopic (exact) mass is 338 g/mol. The number of carbonyl (C=O) groups excluding carboxylic acids is 1. The molecule has 18 heavy (non-hydrogen) atoms. The van der Waals surface area contributed by atoms with Crippen molar-refractivity contribution in [3.8, 4) is 0 Å². The van der Waals surface area contributed by atoms with Gasteiger partial charge < -0.3 is 0 Å². The van der Waals surface area contributed by atoms with Crippen molar-refractivity contribution in [1.82, 2.24) is 0 Å². The Labute approximate surface area is 115 Å². The van der Waals surface area contributed by atoms with Crippen LogP contribution in [0.3, 0.4) is 0 Å². The molecule has 0 saturated carbocycles. The predicted octanol–water partition coefficient (Wildman–Crippen LogP) is 4.55. The van der Waals surface area contributed by atoms with Crippen molar-refractivity contribution in [1.29, 1.82) is 0 Å². The highest BCUT2D eigenvalue weighted by Gasteiger charge is 2.34. The molecule has 0 aromatic heterocycles. The first-order valence-corrected chi connectivity index (χ1v) is 7.26. The fourth-order valence-electron chi connectivity index (χ4n) is 1.87. The Hall–Kier alpha value is -0.490. The van der Waals surface area contributed by atoms with Crippen molar-refractivity contribution in [3.05, 3.63) is 33.8 Å². The molecule has 1 aliphatic rings. The second-order valence-electron chi connectivity index (χ2n) is 4.06. The number of thioether (sulfide) groups is 1. The molecule has 1 aromatic carbocycles. The average Bonchev–Trinajstić information content (AvgIpc) is 2.80. The normalized spacial score (nSPS) is 20.1. The van der Waals surface area contributed by atoms with Crippen molar-refractivity contribution >= 4 is 33.5 Å². The fraction of sp³-hybridized carbons (Fsp3) is 0.417. The molecule has 98 valence electrons. The zero-order valence-corrected chi connectivity index (χ0v) is 11.7. The standard InChI is InChI=1S/C12H10BrF3OS/c13-9-4-3-7(6-8(9)12(14,15)16)11(17)10-2-1-5-18-10/h3-4,6,10H,1-2,5H2. The molecule has 1 aliphatic heterocycles. The number of alkyl halides is 3. The van der Waals surface area contributed by atoms with Gasteiger partial charge in [-0.1, -0.05) is 22.0 Å². The second-order valence-corrected chi connectivity index (χ2v) is 6.22. The first kappa shape index (κ1) is 13.9. The molecular formula is C12H10BrF3OS. The molecule has 0 radical (unpaired) electrons. The Bertz CT molecular complexity index is 467. The van der Waals surface area contributed by atoms with Crippen LogP contribution in [0.1, 0.15) is 28.8 Å². The van der Waals surface area contributed by atoms with Crippen LogP contribution < -0.4 is 0 Å². The third kappa shape index (κ3) is 2.91. The molecule has 0 bridgehead atoms. The average molecular weight is 339 g/mol. The SMILES string of the molecule is O=C(c1ccc(Br)c(C(F)(F)F)c1)C1CCCS1. The number of benzene rings is 1. The van der Waals surface area contributed by atoms with Crippen LogP contribution in [0.15, 0.2) is 22.7 Å². The summed E-state index contributed by atoms with van der Waals surface area (Å²) in [6.07, 6.45) is -2.75. The summed E-state index contributed by atoms with van der Waals surface area (Å²) in [5.41, 5.74) is -0.652. The molecule has 1 atom stereocenters. The van der Waals surface area contributed by atoms with Gasteiger partial charge in [0.1, 0.15) is 0 Å². The highest BCUT2D eigenvalue weighted by atomic mass is 79.9. The smallest absolute Gasteiger partial charge is 0.293 e. The number of hydrogen-bond acceptors (Lipinski definition) is 2. The Kier molecular flexibility index (Phi) is 4.06. The number of hydrogen-bond donors (Lipinski definition) is 0. The van der Waals surface area contributed by atoms with E-state index < -0.39 is 11.7 Å². The number of halogens is 4. The summed E-state index contributed by atoms with van der Waals surface area (Å²) < 4.78 is 38.1. The van der Waals surface area contributed by atoms with Crippen molar-refractivity contribution in [3.63, 3.8) is 0 Å². The molecule has 6 heteroatoms. The molecule has 2 rings (SSSR count). The summed E-state index contributed by atoms with van der Waals surface area (Å²) in [5, 5.41) is -0.188. The van der Waals surface area contributed by atoms with E-state index >= 15 is 0 Å². The van der Waals surface area contributed by atoms with E-state index in [4.69, 9.17) is 0 Å². The highest BCUT2D eigenvalue weighted by molar-refractivity contribution is 9.10. The maximum absolute atomic E-state index is 12.7. The van der Waals surface area contributed by atoms with Crippen LogP contribution in [0.25, 0.3) is 0 Å². The van der Waals surface area contributed by atoms with E-state index in [-0.39, 0.29) is 21.1 Å². The summed E-state index contributed by atoms with van der Waals surface area (Å²) in [6.45, 7) is 0. The maximum atomic E-state index is 12.7. The van der Waals surface area contributed by atoms with Crippen LogP contribution in [-0.4, -0.2) is 16.8 Å². The Morgan fingerprint density at radius 2 is 2.11 bits per heavy atom. The number of ketones is 1. The minimum Gasteiger partial charge on any atom is -0.293 e. The third-order valence-corrected chi connectivity index (χ3v) is 4.85. The fourth-order valence-corrected chi connectivity index (χ4v) is 3.58. The molecule has 0 aliphatic carbocycles. The van der Waals surface area contributed by atoms with Gasteiger partial charge in [0.15, 0.2) is 5.78 Å². The van der Waals surface area contributed by atoms with Gasteiger partial charge in [0, 0.05) is 10.0 Å². The lowest BCUT2D eigenvalue weighted by Gasteiger charge is -2.12. The lowest BCUT2D eigenvalue weighted by Crippen LogP contribution is -2.16. The lowest BCUT2D eigenvalue weighted by molar-refractivity contribution is -0.138. The summed E-state index contributed by atoms with van der Waals surface area (Å²) in [6, 6.07) is 3.67. The van der Waals surface area contributed by atoms with Gasteiger partial charge in [0.25, 0.3) is 0 Å². The maximum Gasteiger partial charge on any atom is 0.417 e. The van der Waals surface area contributed by atoms with Gasteiger partial charge in [0.2, 0.25) is 0 Å². The number of carbonyl (C=O) groups is 1. The quantitative estimate of drug-likeness (QED) is 0.736. The van der Waals surface area contributed by atoms with Gasteiger partial charge >= 0.3 is 6.18 Å². The molecule has 1 nitrogen and oxygen atoms in total. The van der Waals surface area contributed by atoms with Gasteiger partial charge in [-0.2, -0.15) is 24.9 Å². The van der Waals surface area contributed by atoms with Gasteiger partial charge in [-0.15, -0.1) is 0 Å². The predicted molar refractivity (Wildman–Crippen MR) is 69.0 cm³/mol. The molecular weight excluding hydrogens is 329 g/mol. The summed E-state index contributed by atoms with van der Waals surface area (Å²) in [5.74, 6) is 0.703. The van der Waals surface area contributed by atoms with E-state index in [1.807, 2.05) is 0 Å². The van der Waals surface area contributed by atoms with Gasteiger partial charge in [0.05, 0.1) is 10.8 Å². The minimum atomic E-state index is -4.45. The van der Waals surface area contributed by atoms with Crippen LogP contribution in [0, 0.1) is 0 Å². The van der Waals surface area contributed by atoms with Gasteiger partial charge in [-0.3, -0.25) is 4.79 Å². The number of rotatable bonds is 2. The largest absolute Gasteiger partial charge is 0.417 e. The van der Waals surface area contributed by atoms with Crippen LogP contribution in [0.2, 0.25) is 0 Å². The second kappa shape index (κ2) is 5.25. The van der Waals surface area contributed by atoms with Crippen molar-refractivity contribution in [2.24, 2.45) is 0 Å². The van der Waals surface area contributed by atoms with Crippen LogP contribution in [0.5, 0.6) is 0 Å². The zero-order chi connectivity index (χ0) is 13.3. The molecule has 0 N–H and O–H groups in total. The van der Waals surface area contributed by atoms with E-state index in [1.165, 1.54) is 23.9 Å². The van der Waals surface area contributed by atoms with E-state index in [0.29, 0.717) is 0 Å². The molecule has 1 fully saturated rings. The molecule has 1 aromatic rings. The summed E-state index contributed by atoms with van der Waals surface area (Å²) >= 11 is 4.38. The third-order valence-electron chi connectivity index (χ3n) is 2.78. The van der Waals surface area contributed by atoms with E-state index in [1.54, 1.807) is 0 Å². The van der Waals surface area contributed by atoms with Gasteiger partial charge in [-0.05, 0) is 30.7 Å². The van der Waals surface area contributed by atoms with Crippen molar-refractivity contribution < 1.29 is 18.0 Å². The van der Waals surface area contributed by atoms with E-state index in [0.717, 1.165) is 24.7 Å². The van der Waals surface area contributed by atoms with Crippen LogP contribution in [-0.2, 0) is 6.18 Å². The Morgan fingerprint density at radius 3 is 2.67 bits per heavy atom. The molecule has 1 heterocycles. The highest BCUT2D eigenvalue weighted by Crippen LogP contribution is 2.36. The van der Waals surface area contributed by atoms with Crippen molar-refractivity contribution in [2.75, 3.05) is 5.75 Å². The molecule has 0 amide bonds. The first-order chi connectivity index (χ1) is 8.39. The van der Waals surface area contributed by atoms with E-state index in [2.05, 4.69) is 15.9 Å². The van der Waals surface area contributed by atoms with E-state index in [9.17, 15) is 18.0 Å². The van der Waals surface area contributed by atoms with Crippen molar-refractivity contribution in [2.45, 2.75) is 24.3 Å². The Balaban J connectivity index is 2.32. The first-order valence-electron chi connectivity index (χ1n) is 5.42. The van der Waals surface area contributed by atoms with Gasteiger partial charge in [-0.25, -0.2) is 0 Å². The zero-order valence-electron chi connectivity index (χ0n) is 9.26. The molecule has 1 saturated heterocycles. The summed E-state index contributed by atoms with van der Waals surface area (Å²) in [4.78, 5) is 12.0. The number of Topliss-reactive ketones (excluding diaryl/α,β-unsaturated/α-hetero) is 1. The topological polar surface area (TPSA) is 17.1 Å². The molecule has 0 spiro atoms. The minimum absolute atomic E-state index is 0.0365. The lowest BCUT2D eigenvalue weighted by atomic mass is 10.0.